The van der Waals surface area contributed by atoms with E-state index in [1.807, 2.05) is 0 Å². The molecule has 1 aromatic carbocycles. The van der Waals surface area contributed by atoms with Gasteiger partial charge < -0.3 is 10.6 Å². The van der Waals surface area contributed by atoms with Crippen LogP contribution in [0.2, 0.25) is 0 Å². The molecule has 1 heterocycles. The Morgan fingerprint density at radius 3 is 2.65 bits per heavy atom. The molecule has 0 spiro atoms. The third-order valence-electron chi connectivity index (χ3n) is 2.32. The van der Waals surface area contributed by atoms with E-state index in [1.54, 1.807) is 38.5 Å². The van der Waals surface area contributed by atoms with E-state index < -0.39 is 0 Å². The molecule has 5 heteroatoms. The van der Waals surface area contributed by atoms with Gasteiger partial charge in [0, 0.05) is 12.7 Å². The van der Waals surface area contributed by atoms with Crippen molar-refractivity contribution in [2.75, 3.05) is 17.7 Å². The normalized spacial score (nSPS) is 10.1. The number of hydrogen-bond acceptors (Lipinski definition) is 4. The summed E-state index contributed by atoms with van der Waals surface area (Å²) in [5.41, 5.74) is 1.37. The van der Waals surface area contributed by atoms with Gasteiger partial charge in [0.1, 0.15) is 11.6 Å². The van der Waals surface area contributed by atoms with Gasteiger partial charge >= 0.3 is 0 Å². The van der Waals surface area contributed by atoms with Crippen LogP contribution in [-0.2, 0) is 0 Å². The molecule has 0 aliphatic heterocycles. The Morgan fingerprint density at radius 1 is 1.18 bits per heavy atom. The van der Waals surface area contributed by atoms with Crippen LogP contribution in [-0.4, -0.2) is 17.0 Å². The number of benzene rings is 1. The molecule has 88 valence electrons. The van der Waals surface area contributed by atoms with Crippen molar-refractivity contribution in [3.63, 3.8) is 0 Å². The monoisotopic (exact) mass is 232 g/mol. The molecule has 2 N–H and O–H groups in total. The number of nitrogens with one attached hydrogen (secondary N) is 2. The van der Waals surface area contributed by atoms with Crippen LogP contribution in [0.15, 0.2) is 30.6 Å². The fraction of sp³-hybridized carbons (Fsp3) is 0.167. The predicted octanol–water partition coefficient (Wildman–Crippen LogP) is 2.71. The van der Waals surface area contributed by atoms with Crippen molar-refractivity contribution in [3.05, 3.63) is 42.0 Å². The van der Waals surface area contributed by atoms with Gasteiger partial charge in [0.15, 0.2) is 5.82 Å². The lowest BCUT2D eigenvalue weighted by Crippen LogP contribution is -1.99. The minimum Gasteiger partial charge on any atom is -0.372 e. The molecule has 0 aliphatic rings. The van der Waals surface area contributed by atoms with E-state index in [1.165, 1.54) is 6.07 Å². The van der Waals surface area contributed by atoms with Gasteiger partial charge in [-0.3, -0.25) is 4.98 Å². The van der Waals surface area contributed by atoms with Crippen molar-refractivity contribution >= 4 is 17.3 Å². The first-order valence-corrected chi connectivity index (χ1v) is 5.22. The summed E-state index contributed by atoms with van der Waals surface area (Å²) < 4.78 is 13.1. The molecule has 0 atom stereocenters. The summed E-state index contributed by atoms with van der Waals surface area (Å²) in [4.78, 5) is 8.29. The average molecular weight is 232 g/mol. The lowest BCUT2D eigenvalue weighted by molar-refractivity contribution is 0.619. The molecular weight excluding hydrogens is 219 g/mol. The Balaban J connectivity index is 2.22. The second-order valence-corrected chi connectivity index (χ2v) is 3.63. The van der Waals surface area contributed by atoms with Gasteiger partial charge in [-0.2, -0.15) is 0 Å². The van der Waals surface area contributed by atoms with Gasteiger partial charge in [-0.1, -0.05) is 0 Å². The predicted molar refractivity (Wildman–Crippen MR) is 66.0 cm³/mol. The quantitative estimate of drug-likeness (QED) is 0.854. The first-order chi connectivity index (χ1) is 8.19. The van der Waals surface area contributed by atoms with Gasteiger partial charge in [0.2, 0.25) is 0 Å². The van der Waals surface area contributed by atoms with E-state index in [0.717, 1.165) is 5.69 Å². The summed E-state index contributed by atoms with van der Waals surface area (Å²) in [6.45, 7) is 1.72. The Bertz CT molecular complexity index is 528. The van der Waals surface area contributed by atoms with E-state index >= 15 is 0 Å². The molecule has 2 rings (SSSR count). The molecule has 0 amide bonds. The molecule has 0 aliphatic carbocycles. The van der Waals surface area contributed by atoms with Crippen molar-refractivity contribution < 1.29 is 4.39 Å². The lowest BCUT2D eigenvalue weighted by atomic mass is 10.2. The minimum absolute atomic E-state index is 0.217. The van der Waals surface area contributed by atoms with E-state index in [-0.39, 0.29) is 5.82 Å². The summed E-state index contributed by atoms with van der Waals surface area (Å²) >= 11 is 0. The molecule has 0 saturated heterocycles. The van der Waals surface area contributed by atoms with Crippen molar-refractivity contribution in [1.29, 1.82) is 0 Å². The van der Waals surface area contributed by atoms with Gasteiger partial charge in [0.05, 0.1) is 12.4 Å². The largest absolute Gasteiger partial charge is 0.372 e. The number of anilines is 3. The zero-order valence-electron chi connectivity index (χ0n) is 9.66. The van der Waals surface area contributed by atoms with E-state index in [4.69, 9.17) is 0 Å². The Labute approximate surface area is 98.9 Å². The molecule has 1 aromatic heterocycles. The number of hydrogen-bond donors (Lipinski definition) is 2. The van der Waals surface area contributed by atoms with E-state index in [2.05, 4.69) is 20.6 Å². The van der Waals surface area contributed by atoms with E-state index in [0.29, 0.717) is 17.2 Å². The van der Waals surface area contributed by atoms with Gasteiger partial charge in [-0.15, -0.1) is 0 Å². The number of halogens is 1. The van der Waals surface area contributed by atoms with Crippen LogP contribution in [0.4, 0.5) is 21.7 Å². The highest BCUT2D eigenvalue weighted by molar-refractivity contribution is 5.57. The zero-order valence-corrected chi connectivity index (χ0v) is 9.66. The van der Waals surface area contributed by atoms with Crippen molar-refractivity contribution in [3.8, 4) is 0 Å². The maximum absolute atomic E-state index is 13.1. The van der Waals surface area contributed by atoms with Gasteiger partial charge in [-0.05, 0) is 30.7 Å². The number of rotatable bonds is 3. The maximum atomic E-state index is 13.1. The fourth-order valence-electron chi connectivity index (χ4n) is 1.42. The third-order valence-corrected chi connectivity index (χ3v) is 2.32. The Hall–Kier alpha value is -2.17. The maximum Gasteiger partial charge on any atom is 0.151 e. The van der Waals surface area contributed by atoms with Gasteiger partial charge in [-0.25, -0.2) is 9.37 Å². The average Bonchev–Trinajstić information content (AvgIpc) is 2.34. The van der Waals surface area contributed by atoms with Crippen molar-refractivity contribution in [1.82, 2.24) is 9.97 Å². The van der Waals surface area contributed by atoms with E-state index in [9.17, 15) is 4.39 Å². The first-order valence-electron chi connectivity index (χ1n) is 5.22. The molecular formula is C12H13FN4. The summed E-state index contributed by atoms with van der Waals surface area (Å²) in [6.07, 6.45) is 3.24. The molecule has 2 aromatic rings. The molecule has 0 bridgehead atoms. The summed E-state index contributed by atoms with van der Waals surface area (Å²) in [7, 11) is 1.77. The van der Waals surface area contributed by atoms with Crippen LogP contribution in [0.3, 0.4) is 0 Å². The Morgan fingerprint density at radius 2 is 1.94 bits per heavy atom. The van der Waals surface area contributed by atoms with Crippen LogP contribution < -0.4 is 10.6 Å². The van der Waals surface area contributed by atoms with Crippen molar-refractivity contribution in [2.45, 2.75) is 6.92 Å². The highest BCUT2D eigenvalue weighted by Gasteiger charge is 2.01. The number of aromatic nitrogens is 2. The second kappa shape index (κ2) is 4.78. The molecule has 4 nitrogen and oxygen atoms in total. The minimum atomic E-state index is -0.217. The van der Waals surface area contributed by atoms with Crippen LogP contribution in [0.5, 0.6) is 0 Å². The van der Waals surface area contributed by atoms with Crippen LogP contribution in [0, 0.1) is 12.7 Å². The summed E-state index contributed by atoms with van der Waals surface area (Å²) in [5.74, 6) is 1.07. The summed E-state index contributed by atoms with van der Waals surface area (Å²) in [5, 5.41) is 5.97. The second-order valence-electron chi connectivity index (χ2n) is 3.63. The standard InChI is InChI=1S/C12H13FN4/c1-8-5-9(3-4-10(8)13)16-12-7-15-6-11(14-2)17-12/h3-7H,1-2H3,(H2,14,16,17). The van der Waals surface area contributed by atoms with Crippen molar-refractivity contribution in [2.24, 2.45) is 0 Å². The third kappa shape index (κ3) is 2.69. The summed E-state index contributed by atoms with van der Waals surface area (Å²) in [6, 6.07) is 4.81. The molecule has 0 fully saturated rings. The van der Waals surface area contributed by atoms with Crippen LogP contribution in [0.25, 0.3) is 0 Å². The smallest absolute Gasteiger partial charge is 0.151 e. The number of aryl methyl sites for hydroxylation is 1. The molecule has 0 radical (unpaired) electrons. The highest BCUT2D eigenvalue weighted by Crippen LogP contribution is 2.18. The highest BCUT2D eigenvalue weighted by atomic mass is 19.1. The van der Waals surface area contributed by atoms with Crippen LogP contribution in [0.1, 0.15) is 5.56 Å². The first kappa shape index (κ1) is 11.3. The topological polar surface area (TPSA) is 49.8 Å². The SMILES string of the molecule is CNc1cncc(Nc2ccc(F)c(C)c2)n1. The number of nitrogens with zero attached hydrogens (tertiary/aromatic N) is 2. The lowest BCUT2D eigenvalue weighted by Gasteiger charge is -2.07. The van der Waals surface area contributed by atoms with Gasteiger partial charge in [0.25, 0.3) is 0 Å². The van der Waals surface area contributed by atoms with Crippen LogP contribution >= 0.6 is 0 Å². The Kier molecular flexibility index (Phi) is 3.18. The molecule has 0 unspecified atom stereocenters. The zero-order chi connectivity index (χ0) is 12.3. The molecule has 17 heavy (non-hydrogen) atoms. The molecule has 0 saturated carbocycles. The fourth-order valence-corrected chi connectivity index (χ4v) is 1.42.